The van der Waals surface area contributed by atoms with E-state index < -0.39 is 18.1 Å². The lowest BCUT2D eigenvalue weighted by molar-refractivity contribution is -0.131. The summed E-state index contributed by atoms with van der Waals surface area (Å²) < 4.78 is 0. The Labute approximate surface area is 106 Å². The third kappa shape index (κ3) is 2.63. The minimum atomic E-state index is -1.57. The van der Waals surface area contributed by atoms with Gasteiger partial charge in [0, 0.05) is 18.8 Å². The average molecular weight is 250 g/mol. The third-order valence-corrected chi connectivity index (χ3v) is 3.27. The summed E-state index contributed by atoms with van der Waals surface area (Å²) in [4.78, 5) is 13.1. The molecule has 1 aliphatic heterocycles. The fourth-order valence-corrected chi connectivity index (χ4v) is 2.22. The summed E-state index contributed by atoms with van der Waals surface area (Å²) in [7, 11) is 0. The van der Waals surface area contributed by atoms with Gasteiger partial charge in [-0.15, -0.1) is 0 Å². The van der Waals surface area contributed by atoms with Crippen molar-refractivity contribution in [1.82, 2.24) is 0 Å². The molecule has 1 fully saturated rings. The Hall–Kier alpha value is -1.59. The maximum absolute atomic E-state index is 10.9. The molecule has 5 nitrogen and oxygen atoms in total. The van der Waals surface area contributed by atoms with Gasteiger partial charge in [-0.1, -0.05) is 12.1 Å². The number of hydrogen-bond acceptors (Lipinski definition) is 4. The van der Waals surface area contributed by atoms with Gasteiger partial charge in [0.15, 0.2) is 6.10 Å². The van der Waals surface area contributed by atoms with E-state index >= 15 is 0 Å². The fraction of sp³-hybridized carbons (Fsp3) is 0.462. The number of rotatable bonds is 4. The smallest absolute Gasteiger partial charge is 0.249 e. The molecule has 1 heterocycles. The molecule has 1 aliphatic rings. The van der Waals surface area contributed by atoms with Crippen LogP contribution in [0.5, 0.6) is 0 Å². The number of aliphatic hydroxyl groups is 2. The van der Waals surface area contributed by atoms with Crippen LogP contribution in [0.1, 0.15) is 24.5 Å². The largest absolute Gasteiger partial charge is 0.385 e. The molecule has 0 saturated carbocycles. The number of benzene rings is 1. The van der Waals surface area contributed by atoms with Gasteiger partial charge in [-0.3, -0.25) is 4.79 Å². The molecule has 98 valence electrons. The van der Waals surface area contributed by atoms with Gasteiger partial charge in [-0.05, 0) is 30.5 Å². The second kappa shape index (κ2) is 5.37. The van der Waals surface area contributed by atoms with E-state index in [0.717, 1.165) is 31.6 Å². The van der Waals surface area contributed by atoms with Crippen molar-refractivity contribution in [1.29, 1.82) is 0 Å². The number of primary amides is 1. The zero-order valence-corrected chi connectivity index (χ0v) is 10.1. The summed E-state index contributed by atoms with van der Waals surface area (Å²) >= 11 is 0. The van der Waals surface area contributed by atoms with Gasteiger partial charge >= 0.3 is 0 Å². The molecular weight excluding hydrogens is 232 g/mol. The molecule has 0 spiro atoms. The fourth-order valence-electron chi connectivity index (χ4n) is 2.22. The minimum absolute atomic E-state index is 0.505. The van der Waals surface area contributed by atoms with Crippen LogP contribution in [0.2, 0.25) is 0 Å². The van der Waals surface area contributed by atoms with E-state index in [-0.39, 0.29) is 0 Å². The Bertz CT molecular complexity index is 430. The van der Waals surface area contributed by atoms with Crippen LogP contribution in [0, 0.1) is 0 Å². The van der Waals surface area contributed by atoms with Crippen molar-refractivity contribution < 1.29 is 15.0 Å². The highest BCUT2D eigenvalue weighted by Gasteiger charge is 2.24. The molecule has 2 rings (SSSR count). The number of amides is 1. The lowest BCUT2D eigenvalue weighted by atomic mass is 10.0. The van der Waals surface area contributed by atoms with E-state index in [4.69, 9.17) is 5.73 Å². The Morgan fingerprint density at radius 1 is 1.28 bits per heavy atom. The molecule has 4 N–H and O–H groups in total. The van der Waals surface area contributed by atoms with Gasteiger partial charge in [0.25, 0.3) is 0 Å². The number of nitrogens with two attached hydrogens (primary N) is 1. The second-order valence-electron chi connectivity index (χ2n) is 4.58. The number of carbonyl (C=O) groups excluding carboxylic acids is 1. The van der Waals surface area contributed by atoms with Crippen LogP contribution in [0.25, 0.3) is 0 Å². The van der Waals surface area contributed by atoms with Crippen molar-refractivity contribution in [3.05, 3.63) is 29.8 Å². The Morgan fingerprint density at radius 3 is 2.56 bits per heavy atom. The first-order valence-electron chi connectivity index (χ1n) is 6.10. The van der Waals surface area contributed by atoms with Gasteiger partial charge < -0.3 is 20.8 Å². The minimum Gasteiger partial charge on any atom is -0.385 e. The van der Waals surface area contributed by atoms with Gasteiger partial charge in [0.05, 0.1) is 0 Å². The summed E-state index contributed by atoms with van der Waals surface area (Å²) in [5.41, 5.74) is 6.48. The molecule has 1 aromatic rings. The molecular formula is C13H18N2O3. The monoisotopic (exact) mass is 250 g/mol. The number of carbonyl (C=O) groups is 1. The zero-order valence-electron chi connectivity index (χ0n) is 10.1. The molecule has 0 radical (unpaired) electrons. The van der Waals surface area contributed by atoms with Crippen LogP contribution in [-0.2, 0) is 4.79 Å². The summed E-state index contributed by atoms with van der Waals surface area (Å²) in [6.45, 7) is 2.00. The summed E-state index contributed by atoms with van der Waals surface area (Å²) in [6.07, 6.45) is -0.517. The first-order chi connectivity index (χ1) is 8.59. The first kappa shape index (κ1) is 12.9. The van der Waals surface area contributed by atoms with Crippen molar-refractivity contribution in [3.63, 3.8) is 0 Å². The second-order valence-corrected chi connectivity index (χ2v) is 4.58. The summed E-state index contributed by atoms with van der Waals surface area (Å²) in [6, 6.07) is 7.23. The highest BCUT2D eigenvalue weighted by Crippen LogP contribution is 2.25. The van der Waals surface area contributed by atoms with Crippen molar-refractivity contribution in [2.24, 2.45) is 5.73 Å². The van der Waals surface area contributed by atoms with E-state index in [0.29, 0.717) is 5.56 Å². The lowest BCUT2D eigenvalue weighted by Crippen LogP contribution is -2.33. The molecule has 5 heteroatoms. The maximum atomic E-state index is 10.9. The Morgan fingerprint density at radius 2 is 1.94 bits per heavy atom. The van der Waals surface area contributed by atoms with Crippen molar-refractivity contribution >= 4 is 11.6 Å². The van der Waals surface area contributed by atoms with Crippen molar-refractivity contribution in [2.45, 2.75) is 25.0 Å². The maximum Gasteiger partial charge on any atom is 0.249 e. The SMILES string of the molecule is NC(=O)C(O)C(O)c1cccc(N2CCCC2)c1. The van der Waals surface area contributed by atoms with Gasteiger partial charge in [-0.2, -0.15) is 0 Å². The summed E-state index contributed by atoms with van der Waals surface area (Å²) in [5, 5.41) is 19.3. The van der Waals surface area contributed by atoms with E-state index in [2.05, 4.69) is 4.90 Å². The van der Waals surface area contributed by atoms with Crippen LogP contribution in [0.15, 0.2) is 24.3 Å². The molecule has 2 unspecified atom stereocenters. The number of hydrogen-bond donors (Lipinski definition) is 3. The van der Waals surface area contributed by atoms with E-state index in [1.807, 2.05) is 6.07 Å². The predicted octanol–water partition coefficient (Wildman–Crippen LogP) is 0.166. The van der Waals surface area contributed by atoms with E-state index in [1.54, 1.807) is 18.2 Å². The van der Waals surface area contributed by atoms with E-state index in [9.17, 15) is 15.0 Å². The Kier molecular flexibility index (Phi) is 3.84. The molecule has 0 aliphatic carbocycles. The molecule has 18 heavy (non-hydrogen) atoms. The van der Waals surface area contributed by atoms with Crippen LogP contribution in [0.4, 0.5) is 5.69 Å². The van der Waals surface area contributed by atoms with Crippen molar-refractivity contribution in [2.75, 3.05) is 18.0 Å². The third-order valence-electron chi connectivity index (χ3n) is 3.27. The van der Waals surface area contributed by atoms with Crippen molar-refractivity contribution in [3.8, 4) is 0 Å². The van der Waals surface area contributed by atoms with Gasteiger partial charge in [0.2, 0.25) is 5.91 Å². The molecule has 0 aromatic heterocycles. The summed E-state index contributed by atoms with van der Waals surface area (Å²) in [5.74, 6) is -0.922. The topological polar surface area (TPSA) is 86.8 Å². The first-order valence-corrected chi connectivity index (χ1v) is 6.10. The lowest BCUT2D eigenvalue weighted by Gasteiger charge is -2.21. The molecule has 2 atom stereocenters. The van der Waals surface area contributed by atoms with Crippen LogP contribution < -0.4 is 10.6 Å². The highest BCUT2D eigenvalue weighted by molar-refractivity contribution is 5.79. The van der Waals surface area contributed by atoms with Crippen LogP contribution in [0.3, 0.4) is 0 Å². The van der Waals surface area contributed by atoms with Crippen LogP contribution in [-0.4, -0.2) is 35.3 Å². The molecule has 1 aromatic carbocycles. The number of anilines is 1. The quantitative estimate of drug-likeness (QED) is 0.710. The van der Waals surface area contributed by atoms with Gasteiger partial charge in [0.1, 0.15) is 6.10 Å². The standard InChI is InChI=1S/C13H18N2O3/c14-13(18)12(17)11(16)9-4-3-5-10(8-9)15-6-1-2-7-15/h3-5,8,11-12,16-17H,1-2,6-7H2,(H2,14,18). The normalized spacial score (nSPS) is 18.7. The zero-order chi connectivity index (χ0) is 13.1. The van der Waals surface area contributed by atoms with Crippen LogP contribution >= 0.6 is 0 Å². The van der Waals surface area contributed by atoms with Gasteiger partial charge in [-0.25, -0.2) is 0 Å². The predicted molar refractivity (Wildman–Crippen MR) is 68.1 cm³/mol. The average Bonchev–Trinajstić information content (AvgIpc) is 2.91. The Balaban J connectivity index is 2.18. The molecule has 1 amide bonds. The highest BCUT2D eigenvalue weighted by atomic mass is 16.3. The number of aliphatic hydroxyl groups excluding tert-OH is 2. The molecule has 1 saturated heterocycles. The molecule has 0 bridgehead atoms. The number of nitrogens with zero attached hydrogens (tertiary/aromatic N) is 1. The van der Waals surface area contributed by atoms with E-state index in [1.165, 1.54) is 0 Å².